The quantitative estimate of drug-likeness (QED) is 0.744. The van der Waals surface area contributed by atoms with E-state index in [0.29, 0.717) is 5.56 Å². The van der Waals surface area contributed by atoms with Crippen molar-refractivity contribution in [1.82, 2.24) is 4.57 Å². The average molecular weight is 268 g/mol. The minimum Gasteiger partial charge on any atom is -0.465 e. The summed E-state index contributed by atoms with van der Waals surface area (Å²) >= 11 is 3.36. The monoisotopic (exact) mass is 267 g/mol. The van der Waals surface area contributed by atoms with Crippen molar-refractivity contribution in [3.05, 3.63) is 34.4 Å². The van der Waals surface area contributed by atoms with E-state index >= 15 is 0 Å². The van der Waals surface area contributed by atoms with Gasteiger partial charge in [0.15, 0.2) is 0 Å². The first kappa shape index (κ1) is 10.2. The molecule has 0 saturated carbocycles. The fourth-order valence-electron chi connectivity index (χ4n) is 1.63. The molecule has 1 aromatic heterocycles. The van der Waals surface area contributed by atoms with E-state index in [2.05, 4.69) is 15.9 Å². The lowest BCUT2D eigenvalue weighted by Gasteiger charge is -2.04. The van der Waals surface area contributed by atoms with Gasteiger partial charge in [-0.15, -0.1) is 0 Å². The van der Waals surface area contributed by atoms with Gasteiger partial charge in [0.2, 0.25) is 0 Å². The van der Waals surface area contributed by atoms with Crippen LogP contribution in [0.2, 0.25) is 0 Å². The Morgan fingerprint density at radius 3 is 2.80 bits per heavy atom. The molecule has 0 saturated heterocycles. The Labute approximate surface area is 95.8 Å². The van der Waals surface area contributed by atoms with Gasteiger partial charge in [0, 0.05) is 28.6 Å². The number of ether oxygens (including phenoxy) is 1. The van der Waals surface area contributed by atoms with E-state index < -0.39 is 0 Å². The summed E-state index contributed by atoms with van der Waals surface area (Å²) in [6.07, 6.45) is 1.92. The molecule has 0 aliphatic heterocycles. The number of rotatable bonds is 1. The first-order chi connectivity index (χ1) is 7.15. The zero-order chi connectivity index (χ0) is 11.0. The fraction of sp³-hybridized carbons (Fsp3) is 0.182. The molecule has 0 bridgehead atoms. The van der Waals surface area contributed by atoms with Crippen LogP contribution in [0.1, 0.15) is 10.4 Å². The smallest absolute Gasteiger partial charge is 0.339 e. The van der Waals surface area contributed by atoms with Gasteiger partial charge < -0.3 is 9.30 Å². The maximum Gasteiger partial charge on any atom is 0.339 e. The van der Waals surface area contributed by atoms with E-state index in [9.17, 15) is 4.79 Å². The number of aryl methyl sites for hydroxylation is 1. The normalized spacial score (nSPS) is 10.6. The topological polar surface area (TPSA) is 31.2 Å². The molecule has 0 unspecified atom stereocenters. The minimum atomic E-state index is -0.321. The molecule has 0 fully saturated rings. The Morgan fingerprint density at radius 2 is 2.13 bits per heavy atom. The molecule has 0 amide bonds. The van der Waals surface area contributed by atoms with Gasteiger partial charge in [0.1, 0.15) is 0 Å². The summed E-state index contributed by atoms with van der Waals surface area (Å²) < 4.78 is 7.48. The predicted octanol–water partition coefficient (Wildman–Crippen LogP) is 2.73. The van der Waals surface area contributed by atoms with Crippen molar-refractivity contribution in [2.45, 2.75) is 0 Å². The Balaban J connectivity index is 2.80. The van der Waals surface area contributed by atoms with Crippen molar-refractivity contribution in [1.29, 1.82) is 0 Å². The van der Waals surface area contributed by atoms with Crippen LogP contribution in [0.25, 0.3) is 10.9 Å². The molecule has 1 aromatic carbocycles. The zero-order valence-electron chi connectivity index (χ0n) is 8.45. The summed E-state index contributed by atoms with van der Waals surface area (Å²) in [4.78, 5) is 11.6. The Morgan fingerprint density at radius 1 is 1.40 bits per heavy atom. The van der Waals surface area contributed by atoms with Crippen LogP contribution in [0, 0.1) is 0 Å². The highest BCUT2D eigenvalue weighted by Crippen LogP contribution is 2.27. The number of hydrogen-bond donors (Lipinski definition) is 0. The van der Waals surface area contributed by atoms with Gasteiger partial charge in [-0.05, 0) is 34.1 Å². The lowest BCUT2D eigenvalue weighted by Crippen LogP contribution is -2.03. The molecule has 0 aliphatic carbocycles. The molecule has 4 heteroatoms. The highest BCUT2D eigenvalue weighted by atomic mass is 79.9. The average Bonchev–Trinajstić information content (AvgIpc) is 2.59. The number of carbonyl (C=O) groups excluding carboxylic acids is 1. The second-order valence-electron chi connectivity index (χ2n) is 3.27. The summed E-state index contributed by atoms with van der Waals surface area (Å²) in [5, 5.41) is 0.902. The molecule has 0 atom stereocenters. The number of methoxy groups -OCH3 is 1. The van der Waals surface area contributed by atoms with Crippen LogP contribution in [-0.2, 0) is 11.8 Å². The van der Waals surface area contributed by atoms with Crippen LogP contribution in [-0.4, -0.2) is 17.6 Å². The third kappa shape index (κ3) is 1.55. The lowest BCUT2D eigenvalue weighted by atomic mass is 10.1. The van der Waals surface area contributed by atoms with Crippen LogP contribution in [0.15, 0.2) is 28.9 Å². The van der Waals surface area contributed by atoms with Gasteiger partial charge >= 0.3 is 5.97 Å². The van der Waals surface area contributed by atoms with Crippen molar-refractivity contribution in [3.8, 4) is 0 Å². The van der Waals surface area contributed by atoms with Crippen LogP contribution in [0.3, 0.4) is 0 Å². The number of aromatic nitrogens is 1. The first-order valence-corrected chi connectivity index (χ1v) is 5.26. The third-order valence-electron chi connectivity index (χ3n) is 2.41. The fourth-order valence-corrected chi connectivity index (χ4v) is 2.14. The molecule has 1 heterocycles. The molecule has 0 aliphatic rings. The summed E-state index contributed by atoms with van der Waals surface area (Å²) in [6, 6.07) is 5.73. The lowest BCUT2D eigenvalue weighted by molar-refractivity contribution is 0.0602. The number of fused-ring (bicyclic) bond motifs is 1. The summed E-state index contributed by atoms with van der Waals surface area (Å²) in [7, 11) is 3.33. The Kier molecular flexibility index (Phi) is 2.52. The van der Waals surface area contributed by atoms with Gasteiger partial charge in [-0.2, -0.15) is 0 Å². The third-order valence-corrected chi connectivity index (χ3v) is 3.07. The van der Waals surface area contributed by atoms with Gasteiger partial charge in [0.05, 0.1) is 12.7 Å². The van der Waals surface area contributed by atoms with E-state index in [0.717, 1.165) is 15.4 Å². The molecule has 2 rings (SSSR count). The van der Waals surface area contributed by atoms with Crippen molar-refractivity contribution < 1.29 is 9.53 Å². The molecule has 0 N–H and O–H groups in total. The van der Waals surface area contributed by atoms with Crippen molar-refractivity contribution in [2.24, 2.45) is 7.05 Å². The maximum absolute atomic E-state index is 11.6. The molecule has 2 aromatic rings. The van der Waals surface area contributed by atoms with E-state index in [1.807, 2.05) is 36.0 Å². The van der Waals surface area contributed by atoms with Crippen molar-refractivity contribution >= 4 is 32.8 Å². The molecule has 15 heavy (non-hydrogen) atoms. The highest BCUT2D eigenvalue weighted by molar-refractivity contribution is 9.10. The van der Waals surface area contributed by atoms with Crippen LogP contribution in [0.5, 0.6) is 0 Å². The van der Waals surface area contributed by atoms with Crippen molar-refractivity contribution in [3.63, 3.8) is 0 Å². The number of hydrogen-bond acceptors (Lipinski definition) is 2. The number of nitrogens with zero attached hydrogens (tertiary/aromatic N) is 1. The molecule has 0 radical (unpaired) electrons. The molecular formula is C11H10BrNO2. The van der Waals surface area contributed by atoms with E-state index in [1.54, 1.807) is 0 Å². The van der Waals surface area contributed by atoms with Crippen LogP contribution >= 0.6 is 15.9 Å². The Hall–Kier alpha value is -1.29. The van der Waals surface area contributed by atoms with Gasteiger partial charge in [0.25, 0.3) is 0 Å². The predicted molar refractivity (Wildman–Crippen MR) is 62.0 cm³/mol. The minimum absolute atomic E-state index is 0.321. The van der Waals surface area contributed by atoms with Crippen LogP contribution < -0.4 is 0 Å². The first-order valence-electron chi connectivity index (χ1n) is 4.47. The molecule has 78 valence electrons. The van der Waals surface area contributed by atoms with E-state index in [1.165, 1.54) is 7.11 Å². The molecule has 0 spiro atoms. The van der Waals surface area contributed by atoms with E-state index in [4.69, 9.17) is 4.74 Å². The summed E-state index contributed by atoms with van der Waals surface area (Å²) in [5.74, 6) is -0.321. The van der Waals surface area contributed by atoms with Crippen LogP contribution in [0.4, 0.5) is 0 Å². The van der Waals surface area contributed by atoms with Gasteiger partial charge in [-0.3, -0.25) is 0 Å². The largest absolute Gasteiger partial charge is 0.465 e. The van der Waals surface area contributed by atoms with E-state index in [-0.39, 0.29) is 5.97 Å². The number of esters is 1. The number of halogens is 1. The summed E-state index contributed by atoms with van der Waals surface area (Å²) in [5.41, 5.74) is 1.59. The Bertz CT molecular complexity index is 531. The second-order valence-corrected chi connectivity index (χ2v) is 4.13. The SMILES string of the molecule is COC(=O)c1c(Br)ccc2c1ccn2C. The molecule has 3 nitrogen and oxygen atoms in total. The number of carbonyl (C=O) groups is 1. The van der Waals surface area contributed by atoms with Gasteiger partial charge in [-0.25, -0.2) is 4.79 Å². The zero-order valence-corrected chi connectivity index (χ0v) is 10.0. The second kappa shape index (κ2) is 3.70. The number of benzene rings is 1. The maximum atomic E-state index is 11.6. The molecular weight excluding hydrogens is 258 g/mol. The van der Waals surface area contributed by atoms with Crippen molar-refractivity contribution in [2.75, 3.05) is 7.11 Å². The highest BCUT2D eigenvalue weighted by Gasteiger charge is 2.15. The standard InChI is InChI=1S/C11H10BrNO2/c1-13-6-5-7-9(13)4-3-8(12)10(7)11(14)15-2/h3-6H,1-2H3. The van der Waals surface area contributed by atoms with Gasteiger partial charge in [-0.1, -0.05) is 0 Å². The summed E-state index contributed by atoms with van der Waals surface area (Å²) in [6.45, 7) is 0.